The number of nitrogens with zero attached hydrogens (tertiary/aromatic N) is 1. The standard InChI is InChI=1S/C14H19NO2/c1-10-3-2-4-11(15-10)7-14(16)8-12-5-6-13(9-14)17-12/h2-4,12-13,16H,5-9H2,1H3. The zero-order chi connectivity index (χ0) is 11.9. The molecular formula is C14H19NO2. The summed E-state index contributed by atoms with van der Waals surface area (Å²) in [5.74, 6) is 0. The number of ether oxygens (including phenoxy) is 1. The molecule has 2 aliphatic rings. The Morgan fingerprint density at radius 2 is 2.06 bits per heavy atom. The summed E-state index contributed by atoms with van der Waals surface area (Å²) in [6.07, 6.45) is 4.93. The molecule has 92 valence electrons. The molecule has 3 nitrogen and oxygen atoms in total. The molecule has 2 aliphatic heterocycles. The first-order valence-corrected chi connectivity index (χ1v) is 6.43. The van der Waals surface area contributed by atoms with Crippen LogP contribution in [-0.4, -0.2) is 27.9 Å². The molecule has 2 bridgehead atoms. The molecule has 2 saturated heterocycles. The molecule has 3 heterocycles. The molecule has 0 spiro atoms. The van der Waals surface area contributed by atoms with Crippen molar-refractivity contribution in [2.24, 2.45) is 0 Å². The van der Waals surface area contributed by atoms with E-state index in [1.807, 2.05) is 25.1 Å². The molecule has 3 heteroatoms. The lowest BCUT2D eigenvalue weighted by Gasteiger charge is -2.36. The lowest BCUT2D eigenvalue weighted by atomic mass is 9.86. The van der Waals surface area contributed by atoms with Crippen molar-refractivity contribution >= 4 is 0 Å². The van der Waals surface area contributed by atoms with Gasteiger partial charge in [0, 0.05) is 30.7 Å². The van der Waals surface area contributed by atoms with Crippen molar-refractivity contribution in [3.05, 3.63) is 29.6 Å². The highest BCUT2D eigenvalue weighted by molar-refractivity contribution is 5.13. The Morgan fingerprint density at radius 3 is 2.71 bits per heavy atom. The number of aliphatic hydroxyl groups is 1. The molecule has 2 unspecified atom stereocenters. The number of hydrogen-bond donors (Lipinski definition) is 1. The Kier molecular flexibility index (Phi) is 2.68. The maximum absolute atomic E-state index is 10.7. The average Bonchev–Trinajstić information content (AvgIpc) is 2.58. The van der Waals surface area contributed by atoms with Crippen LogP contribution in [0.3, 0.4) is 0 Å². The molecular weight excluding hydrogens is 214 g/mol. The van der Waals surface area contributed by atoms with Gasteiger partial charge in [-0.05, 0) is 31.9 Å². The van der Waals surface area contributed by atoms with Crippen LogP contribution in [0.5, 0.6) is 0 Å². The molecule has 2 atom stereocenters. The lowest BCUT2D eigenvalue weighted by Crippen LogP contribution is -2.42. The topological polar surface area (TPSA) is 42.4 Å². The van der Waals surface area contributed by atoms with Gasteiger partial charge in [-0.2, -0.15) is 0 Å². The number of rotatable bonds is 2. The minimum absolute atomic E-state index is 0.267. The van der Waals surface area contributed by atoms with Crippen molar-refractivity contribution in [1.29, 1.82) is 0 Å². The molecule has 17 heavy (non-hydrogen) atoms. The molecule has 0 aromatic carbocycles. The maximum atomic E-state index is 10.7. The van der Waals surface area contributed by atoms with Crippen LogP contribution in [0, 0.1) is 6.92 Å². The van der Waals surface area contributed by atoms with Crippen LogP contribution in [0.2, 0.25) is 0 Å². The summed E-state index contributed by atoms with van der Waals surface area (Å²) in [5, 5.41) is 10.7. The van der Waals surface area contributed by atoms with E-state index in [4.69, 9.17) is 4.74 Å². The van der Waals surface area contributed by atoms with E-state index in [1.165, 1.54) is 0 Å². The van der Waals surface area contributed by atoms with Crippen molar-refractivity contribution in [3.8, 4) is 0 Å². The second-order valence-electron chi connectivity index (χ2n) is 5.54. The molecule has 3 rings (SSSR count). The summed E-state index contributed by atoms with van der Waals surface area (Å²) in [6.45, 7) is 1.99. The maximum Gasteiger partial charge on any atom is 0.0752 e. The van der Waals surface area contributed by atoms with Crippen LogP contribution < -0.4 is 0 Å². The van der Waals surface area contributed by atoms with Gasteiger partial charge in [-0.25, -0.2) is 0 Å². The Hall–Kier alpha value is -0.930. The number of fused-ring (bicyclic) bond motifs is 2. The van der Waals surface area contributed by atoms with E-state index in [0.717, 1.165) is 37.1 Å². The van der Waals surface area contributed by atoms with E-state index in [0.29, 0.717) is 6.42 Å². The number of pyridine rings is 1. The third-order valence-electron chi connectivity index (χ3n) is 3.87. The van der Waals surface area contributed by atoms with Gasteiger partial charge in [-0.3, -0.25) is 4.98 Å². The summed E-state index contributed by atoms with van der Waals surface area (Å²) in [6, 6.07) is 6.00. The smallest absolute Gasteiger partial charge is 0.0752 e. The fourth-order valence-corrected chi connectivity index (χ4v) is 3.19. The Labute approximate surface area is 102 Å². The van der Waals surface area contributed by atoms with Gasteiger partial charge in [0.1, 0.15) is 0 Å². The molecule has 0 radical (unpaired) electrons. The van der Waals surface area contributed by atoms with E-state index in [1.54, 1.807) is 0 Å². The van der Waals surface area contributed by atoms with E-state index in [9.17, 15) is 5.11 Å². The second kappa shape index (κ2) is 4.07. The van der Waals surface area contributed by atoms with E-state index in [-0.39, 0.29) is 12.2 Å². The van der Waals surface area contributed by atoms with Gasteiger partial charge in [0.2, 0.25) is 0 Å². The first kappa shape index (κ1) is 11.2. The summed E-state index contributed by atoms with van der Waals surface area (Å²) in [5.41, 5.74) is 1.40. The van der Waals surface area contributed by atoms with Crippen LogP contribution in [0.4, 0.5) is 0 Å². The monoisotopic (exact) mass is 233 g/mol. The van der Waals surface area contributed by atoms with Gasteiger partial charge in [-0.15, -0.1) is 0 Å². The zero-order valence-electron chi connectivity index (χ0n) is 10.2. The number of aromatic nitrogens is 1. The predicted molar refractivity (Wildman–Crippen MR) is 64.8 cm³/mol. The Morgan fingerprint density at radius 1 is 1.35 bits per heavy atom. The van der Waals surface area contributed by atoms with Gasteiger partial charge >= 0.3 is 0 Å². The van der Waals surface area contributed by atoms with Gasteiger partial charge in [-0.1, -0.05) is 6.07 Å². The summed E-state index contributed by atoms with van der Waals surface area (Å²) >= 11 is 0. The fraction of sp³-hybridized carbons (Fsp3) is 0.643. The first-order chi connectivity index (χ1) is 8.13. The molecule has 2 fully saturated rings. The van der Waals surface area contributed by atoms with Crippen LogP contribution in [0.15, 0.2) is 18.2 Å². The Balaban J connectivity index is 1.76. The minimum Gasteiger partial charge on any atom is -0.389 e. The number of hydrogen-bond acceptors (Lipinski definition) is 3. The molecule has 0 amide bonds. The molecule has 0 saturated carbocycles. The van der Waals surface area contributed by atoms with Crippen LogP contribution >= 0.6 is 0 Å². The average molecular weight is 233 g/mol. The van der Waals surface area contributed by atoms with Crippen LogP contribution in [0.25, 0.3) is 0 Å². The first-order valence-electron chi connectivity index (χ1n) is 6.43. The van der Waals surface area contributed by atoms with Crippen molar-refractivity contribution in [1.82, 2.24) is 4.98 Å². The zero-order valence-corrected chi connectivity index (χ0v) is 10.2. The summed E-state index contributed by atoms with van der Waals surface area (Å²) in [4.78, 5) is 4.48. The highest BCUT2D eigenvalue weighted by atomic mass is 16.5. The fourth-order valence-electron chi connectivity index (χ4n) is 3.19. The predicted octanol–water partition coefficient (Wildman–Crippen LogP) is 2.01. The molecule has 1 N–H and O–H groups in total. The van der Waals surface area contributed by atoms with Crippen LogP contribution in [0.1, 0.15) is 37.1 Å². The van der Waals surface area contributed by atoms with E-state index < -0.39 is 5.60 Å². The molecule has 0 aliphatic carbocycles. The largest absolute Gasteiger partial charge is 0.389 e. The summed E-state index contributed by atoms with van der Waals surface area (Å²) < 4.78 is 5.77. The van der Waals surface area contributed by atoms with Gasteiger partial charge in [0.15, 0.2) is 0 Å². The number of aryl methyl sites for hydroxylation is 1. The third kappa shape index (κ3) is 2.35. The Bertz CT molecular complexity index is 406. The van der Waals surface area contributed by atoms with E-state index >= 15 is 0 Å². The minimum atomic E-state index is -0.606. The van der Waals surface area contributed by atoms with Crippen molar-refractivity contribution in [2.75, 3.05) is 0 Å². The van der Waals surface area contributed by atoms with Crippen molar-refractivity contribution in [2.45, 2.75) is 56.8 Å². The third-order valence-corrected chi connectivity index (χ3v) is 3.87. The highest BCUT2D eigenvalue weighted by Gasteiger charge is 2.43. The molecule has 1 aromatic rings. The summed E-state index contributed by atoms with van der Waals surface area (Å²) in [7, 11) is 0. The molecule has 1 aromatic heterocycles. The normalized spacial score (nSPS) is 36.1. The van der Waals surface area contributed by atoms with Crippen molar-refractivity contribution < 1.29 is 9.84 Å². The van der Waals surface area contributed by atoms with E-state index in [2.05, 4.69) is 4.98 Å². The SMILES string of the molecule is Cc1cccc(CC2(O)CC3CCC(C2)O3)n1. The van der Waals surface area contributed by atoms with Gasteiger partial charge < -0.3 is 9.84 Å². The highest BCUT2D eigenvalue weighted by Crippen LogP contribution is 2.39. The lowest BCUT2D eigenvalue weighted by molar-refractivity contribution is -0.110. The van der Waals surface area contributed by atoms with Crippen molar-refractivity contribution in [3.63, 3.8) is 0 Å². The quantitative estimate of drug-likeness (QED) is 0.849. The van der Waals surface area contributed by atoms with Gasteiger partial charge in [0.25, 0.3) is 0 Å². The second-order valence-corrected chi connectivity index (χ2v) is 5.54. The van der Waals surface area contributed by atoms with Crippen LogP contribution in [-0.2, 0) is 11.2 Å². The van der Waals surface area contributed by atoms with Gasteiger partial charge in [0.05, 0.1) is 17.8 Å².